The van der Waals surface area contributed by atoms with Crippen molar-refractivity contribution >= 4 is 33.6 Å². The van der Waals surface area contributed by atoms with Gasteiger partial charge in [0.05, 0.1) is 17.8 Å². The lowest BCUT2D eigenvalue weighted by Gasteiger charge is -2.22. The third-order valence-electron chi connectivity index (χ3n) is 4.90. The highest BCUT2D eigenvalue weighted by Gasteiger charge is 2.24. The summed E-state index contributed by atoms with van der Waals surface area (Å²) in [5.74, 6) is -0.488. The maximum absolute atomic E-state index is 12.9. The van der Waals surface area contributed by atoms with E-state index < -0.39 is 11.9 Å². The van der Waals surface area contributed by atoms with Crippen LogP contribution in [-0.4, -0.2) is 45.6 Å². The van der Waals surface area contributed by atoms with Gasteiger partial charge < -0.3 is 20.7 Å². The van der Waals surface area contributed by atoms with Crippen LogP contribution in [0.2, 0.25) is 0 Å². The van der Waals surface area contributed by atoms with E-state index in [0.29, 0.717) is 6.42 Å². The number of benzene rings is 1. The highest BCUT2D eigenvalue weighted by Crippen LogP contribution is 2.27. The first kappa shape index (κ1) is 20.8. The van der Waals surface area contributed by atoms with Gasteiger partial charge in [-0.3, -0.25) is 9.59 Å². The average molecular weight is 396 g/mol. The summed E-state index contributed by atoms with van der Waals surface area (Å²) in [6.45, 7) is 7.38. The predicted molar refractivity (Wildman–Crippen MR) is 114 cm³/mol. The molecule has 154 valence electrons. The number of nitrogens with zero attached hydrogens (tertiary/aromatic N) is 1. The fourth-order valence-corrected chi connectivity index (χ4v) is 3.45. The third-order valence-corrected chi connectivity index (χ3v) is 4.90. The molecule has 29 heavy (non-hydrogen) atoms. The number of nitrogens with one attached hydrogen (secondary N) is 3. The molecule has 0 aliphatic rings. The number of aliphatic hydroxyl groups excluding tert-OH is 1. The van der Waals surface area contributed by atoms with Crippen molar-refractivity contribution in [3.05, 3.63) is 41.7 Å². The molecule has 2 amide bonds. The maximum atomic E-state index is 12.9. The molecule has 2 heterocycles. The largest absolute Gasteiger partial charge is 0.394 e. The normalized spacial score (nSPS) is 13.6. The van der Waals surface area contributed by atoms with Crippen molar-refractivity contribution in [2.75, 3.05) is 6.61 Å². The average Bonchev–Trinajstić information content (AvgIpc) is 3.06. The Labute approximate surface area is 169 Å². The molecule has 7 nitrogen and oxygen atoms in total. The van der Waals surface area contributed by atoms with Crippen molar-refractivity contribution in [1.82, 2.24) is 20.6 Å². The molecule has 7 heteroatoms. The van der Waals surface area contributed by atoms with Crippen molar-refractivity contribution in [2.45, 2.75) is 46.2 Å². The Bertz CT molecular complexity index is 1040. The summed E-state index contributed by atoms with van der Waals surface area (Å²) in [6, 6.07) is 8.58. The van der Waals surface area contributed by atoms with Crippen LogP contribution >= 0.6 is 0 Å². The molecule has 0 spiro atoms. The fourth-order valence-electron chi connectivity index (χ4n) is 3.45. The number of fused-ring (bicyclic) bond motifs is 3. The Morgan fingerprint density at radius 1 is 1.14 bits per heavy atom. The summed E-state index contributed by atoms with van der Waals surface area (Å²) in [6.07, 6.45) is 0.490. The summed E-state index contributed by atoms with van der Waals surface area (Å²) in [5.41, 5.74) is 2.88. The quantitative estimate of drug-likeness (QED) is 0.492. The number of aromatic nitrogens is 2. The number of hydrogen-bond donors (Lipinski definition) is 4. The van der Waals surface area contributed by atoms with Crippen LogP contribution < -0.4 is 10.6 Å². The number of aromatic amines is 1. The van der Waals surface area contributed by atoms with Crippen LogP contribution in [0.15, 0.2) is 30.3 Å². The van der Waals surface area contributed by atoms with E-state index in [1.165, 1.54) is 0 Å². The van der Waals surface area contributed by atoms with Gasteiger partial charge in [0.1, 0.15) is 11.7 Å². The molecule has 0 aliphatic heterocycles. The van der Waals surface area contributed by atoms with Gasteiger partial charge in [0.25, 0.3) is 5.91 Å². The van der Waals surface area contributed by atoms with Gasteiger partial charge in [0, 0.05) is 22.3 Å². The zero-order chi connectivity index (χ0) is 21.1. The van der Waals surface area contributed by atoms with Crippen LogP contribution in [0.25, 0.3) is 21.8 Å². The lowest BCUT2D eigenvalue weighted by atomic mass is 10.0. The lowest BCUT2D eigenvalue weighted by molar-refractivity contribution is -0.124. The van der Waals surface area contributed by atoms with Crippen molar-refractivity contribution in [3.8, 4) is 0 Å². The number of hydrogen-bond acceptors (Lipinski definition) is 4. The second-order valence-electron chi connectivity index (χ2n) is 7.93. The maximum Gasteiger partial charge on any atom is 0.270 e. The zero-order valence-corrected chi connectivity index (χ0v) is 17.2. The number of carbonyl (C=O) groups is 2. The van der Waals surface area contributed by atoms with Crippen LogP contribution in [0, 0.1) is 12.8 Å². The first-order chi connectivity index (χ1) is 13.8. The van der Waals surface area contributed by atoms with Crippen molar-refractivity contribution in [2.24, 2.45) is 5.92 Å². The molecular weight excluding hydrogens is 368 g/mol. The summed E-state index contributed by atoms with van der Waals surface area (Å²) in [5, 5.41) is 16.7. The molecule has 0 saturated carbocycles. The molecule has 3 aromatic rings. The van der Waals surface area contributed by atoms with Crippen molar-refractivity contribution in [1.29, 1.82) is 0 Å². The van der Waals surface area contributed by atoms with Crippen LogP contribution in [0.1, 0.15) is 43.4 Å². The SMILES string of the molecule is Cc1nc(C(=O)NC(CC(C)C)C(=O)NC(C)CO)cc2c1[nH]c1ccccc12. The number of pyridine rings is 1. The summed E-state index contributed by atoms with van der Waals surface area (Å²) in [4.78, 5) is 33.3. The molecule has 2 atom stereocenters. The van der Waals surface area contributed by atoms with Gasteiger partial charge in [0.15, 0.2) is 0 Å². The topological polar surface area (TPSA) is 107 Å². The van der Waals surface area contributed by atoms with Gasteiger partial charge in [-0.15, -0.1) is 0 Å². The minimum Gasteiger partial charge on any atom is -0.394 e. The summed E-state index contributed by atoms with van der Waals surface area (Å²) < 4.78 is 0. The Morgan fingerprint density at radius 3 is 2.55 bits per heavy atom. The van der Waals surface area contributed by atoms with Gasteiger partial charge in [-0.05, 0) is 38.3 Å². The number of para-hydroxylation sites is 1. The number of aliphatic hydroxyl groups is 1. The van der Waals surface area contributed by atoms with E-state index in [0.717, 1.165) is 27.5 Å². The second-order valence-corrected chi connectivity index (χ2v) is 7.93. The van der Waals surface area contributed by atoms with Crippen LogP contribution in [0.4, 0.5) is 0 Å². The van der Waals surface area contributed by atoms with Gasteiger partial charge >= 0.3 is 0 Å². The summed E-state index contributed by atoms with van der Waals surface area (Å²) >= 11 is 0. The molecule has 0 aliphatic carbocycles. The summed E-state index contributed by atoms with van der Waals surface area (Å²) in [7, 11) is 0. The van der Waals surface area contributed by atoms with Crippen LogP contribution in [0.5, 0.6) is 0 Å². The van der Waals surface area contributed by atoms with E-state index in [4.69, 9.17) is 0 Å². The molecule has 2 unspecified atom stereocenters. The van der Waals surface area contributed by atoms with Gasteiger partial charge in [-0.1, -0.05) is 32.0 Å². The minimum absolute atomic E-state index is 0.161. The highest BCUT2D eigenvalue weighted by atomic mass is 16.3. The number of carbonyl (C=O) groups excluding carboxylic acids is 2. The molecule has 0 radical (unpaired) electrons. The standard InChI is InChI=1S/C22H28N4O3/c1-12(2)9-18(21(28)23-13(3)11-27)26-22(29)19-10-16-15-7-5-6-8-17(15)25-20(16)14(4)24-19/h5-8,10,12-13,18,25,27H,9,11H2,1-4H3,(H,23,28)(H,26,29). The predicted octanol–water partition coefficient (Wildman–Crippen LogP) is 2.67. The minimum atomic E-state index is -0.697. The Balaban J connectivity index is 1.90. The van der Waals surface area contributed by atoms with Gasteiger partial charge in [-0.2, -0.15) is 0 Å². The number of rotatable bonds is 7. The molecular formula is C22H28N4O3. The van der Waals surface area contributed by atoms with Crippen LogP contribution in [-0.2, 0) is 4.79 Å². The van der Waals surface area contributed by atoms with E-state index in [1.54, 1.807) is 13.0 Å². The van der Waals surface area contributed by atoms with E-state index in [-0.39, 0.29) is 30.2 Å². The molecule has 0 saturated heterocycles. The first-order valence-corrected chi connectivity index (χ1v) is 9.90. The molecule has 0 fully saturated rings. The van der Waals surface area contributed by atoms with Crippen molar-refractivity contribution < 1.29 is 14.7 Å². The smallest absolute Gasteiger partial charge is 0.270 e. The van der Waals surface area contributed by atoms with E-state index in [2.05, 4.69) is 20.6 Å². The second kappa shape index (κ2) is 8.61. The Kier molecular flexibility index (Phi) is 6.17. The Morgan fingerprint density at radius 2 is 1.86 bits per heavy atom. The van der Waals surface area contributed by atoms with E-state index in [1.807, 2.05) is 45.0 Å². The zero-order valence-electron chi connectivity index (χ0n) is 17.2. The highest BCUT2D eigenvalue weighted by molar-refractivity contribution is 6.10. The van der Waals surface area contributed by atoms with E-state index >= 15 is 0 Å². The van der Waals surface area contributed by atoms with Crippen LogP contribution in [0.3, 0.4) is 0 Å². The number of H-pyrrole nitrogens is 1. The lowest BCUT2D eigenvalue weighted by Crippen LogP contribution is -2.50. The Hall–Kier alpha value is -2.93. The van der Waals surface area contributed by atoms with Crippen molar-refractivity contribution in [3.63, 3.8) is 0 Å². The van der Waals surface area contributed by atoms with E-state index in [9.17, 15) is 14.7 Å². The monoisotopic (exact) mass is 396 g/mol. The number of amides is 2. The number of aryl methyl sites for hydroxylation is 1. The molecule has 4 N–H and O–H groups in total. The molecule has 3 rings (SSSR count). The first-order valence-electron chi connectivity index (χ1n) is 9.90. The van der Waals surface area contributed by atoms with Gasteiger partial charge in [0.2, 0.25) is 5.91 Å². The fraction of sp³-hybridized carbons (Fsp3) is 0.409. The molecule has 1 aromatic carbocycles. The van der Waals surface area contributed by atoms with Gasteiger partial charge in [-0.25, -0.2) is 4.98 Å². The third kappa shape index (κ3) is 4.56. The molecule has 2 aromatic heterocycles. The molecule has 0 bridgehead atoms.